The minimum atomic E-state index is 0.0754. The van der Waals surface area contributed by atoms with Gasteiger partial charge in [-0.3, -0.25) is 0 Å². The largest absolute Gasteiger partial charge is 0.399 e. The van der Waals surface area contributed by atoms with E-state index in [0.717, 1.165) is 17.8 Å². The van der Waals surface area contributed by atoms with Crippen molar-refractivity contribution >= 4 is 11.4 Å². The van der Waals surface area contributed by atoms with E-state index in [1.807, 2.05) is 18.2 Å². The van der Waals surface area contributed by atoms with Crippen LogP contribution in [0.5, 0.6) is 0 Å². The van der Waals surface area contributed by atoms with Crippen molar-refractivity contribution in [3.05, 3.63) is 24.3 Å². The summed E-state index contributed by atoms with van der Waals surface area (Å²) in [6.07, 6.45) is 1.11. The Morgan fingerprint density at radius 2 is 1.75 bits per heavy atom. The molecule has 0 unspecified atom stereocenters. The highest BCUT2D eigenvalue weighted by atomic mass is 15.0. The fourth-order valence-electron chi connectivity index (χ4n) is 2.38. The van der Waals surface area contributed by atoms with Crippen LogP contribution in [-0.2, 0) is 0 Å². The predicted octanol–water partition coefficient (Wildman–Crippen LogP) is 3.90. The molecule has 90 valence electrons. The average molecular weight is 220 g/mol. The van der Waals surface area contributed by atoms with Crippen LogP contribution in [0.2, 0.25) is 0 Å². The molecule has 0 amide bonds. The third-order valence-electron chi connectivity index (χ3n) is 2.34. The second kappa shape index (κ2) is 4.36. The SMILES string of the molecule is CC(C)(C)CC(C)(C)Nc1cccc(N)c1. The van der Waals surface area contributed by atoms with Crippen LogP contribution in [0.3, 0.4) is 0 Å². The molecule has 0 aromatic heterocycles. The molecule has 0 saturated carbocycles. The first-order chi connectivity index (χ1) is 7.18. The molecule has 0 atom stereocenters. The first-order valence-corrected chi connectivity index (χ1v) is 5.82. The van der Waals surface area contributed by atoms with Crippen molar-refractivity contribution in [2.75, 3.05) is 11.1 Å². The Hall–Kier alpha value is -1.18. The third kappa shape index (κ3) is 4.56. The molecule has 0 saturated heterocycles. The Morgan fingerprint density at radius 1 is 1.12 bits per heavy atom. The van der Waals surface area contributed by atoms with Crippen molar-refractivity contribution in [3.63, 3.8) is 0 Å². The highest BCUT2D eigenvalue weighted by molar-refractivity contribution is 5.55. The molecule has 1 aromatic carbocycles. The van der Waals surface area contributed by atoms with Gasteiger partial charge in [-0.15, -0.1) is 0 Å². The van der Waals surface area contributed by atoms with Crippen molar-refractivity contribution < 1.29 is 0 Å². The van der Waals surface area contributed by atoms with E-state index in [1.54, 1.807) is 0 Å². The van der Waals surface area contributed by atoms with E-state index in [1.165, 1.54) is 0 Å². The van der Waals surface area contributed by atoms with Crippen LogP contribution < -0.4 is 11.1 Å². The summed E-state index contributed by atoms with van der Waals surface area (Å²) in [5.41, 5.74) is 8.05. The number of hydrogen-bond donors (Lipinski definition) is 2. The van der Waals surface area contributed by atoms with Crippen LogP contribution in [-0.4, -0.2) is 5.54 Å². The smallest absolute Gasteiger partial charge is 0.0364 e. The van der Waals surface area contributed by atoms with Crippen LogP contribution in [0, 0.1) is 5.41 Å². The maximum atomic E-state index is 5.76. The normalized spacial score (nSPS) is 12.6. The molecule has 16 heavy (non-hydrogen) atoms. The van der Waals surface area contributed by atoms with Crippen molar-refractivity contribution in [2.24, 2.45) is 5.41 Å². The molecule has 0 bridgehead atoms. The number of nitrogen functional groups attached to an aromatic ring is 1. The summed E-state index contributed by atoms with van der Waals surface area (Å²) >= 11 is 0. The summed E-state index contributed by atoms with van der Waals surface area (Å²) in [5, 5.41) is 3.54. The molecule has 1 aromatic rings. The lowest BCUT2D eigenvalue weighted by molar-refractivity contribution is 0.302. The van der Waals surface area contributed by atoms with Crippen LogP contribution in [0.15, 0.2) is 24.3 Å². The highest BCUT2D eigenvalue weighted by Crippen LogP contribution is 2.29. The lowest BCUT2D eigenvalue weighted by Gasteiger charge is -2.34. The van der Waals surface area contributed by atoms with Crippen LogP contribution in [0.1, 0.15) is 41.0 Å². The van der Waals surface area contributed by atoms with Crippen molar-refractivity contribution in [2.45, 2.75) is 46.6 Å². The van der Waals surface area contributed by atoms with Crippen molar-refractivity contribution in [1.29, 1.82) is 0 Å². The summed E-state index contributed by atoms with van der Waals surface area (Å²) in [5.74, 6) is 0. The number of nitrogens with two attached hydrogens (primary N) is 1. The Morgan fingerprint density at radius 3 is 2.25 bits per heavy atom. The standard InChI is InChI=1S/C14H24N2/c1-13(2,3)10-14(4,5)16-12-8-6-7-11(15)9-12/h6-9,16H,10,15H2,1-5H3. The second-order valence-electron chi connectivity index (χ2n) is 6.37. The van der Waals surface area contributed by atoms with E-state index in [0.29, 0.717) is 5.41 Å². The van der Waals surface area contributed by atoms with Crippen LogP contribution in [0.4, 0.5) is 11.4 Å². The van der Waals surface area contributed by atoms with E-state index in [2.05, 4.69) is 46.0 Å². The molecule has 0 aliphatic rings. The molecule has 1 rings (SSSR count). The zero-order valence-corrected chi connectivity index (χ0v) is 11.1. The van der Waals surface area contributed by atoms with E-state index < -0.39 is 0 Å². The first-order valence-electron chi connectivity index (χ1n) is 5.82. The maximum absolute atomic E-state index is 5.76. The summed E-state index contributed by atoms with van der Waals surface area (Å²) in [6.45, 7) is 11.2. The monoisotopic (exact) mass is 220 g/mol. The Kier molecular flexibility index (Phi) is 3.51. The zero-order valence-electron chi connectivity index (χ0n) is 11.1. The van der Waals surface area contributed by atoms with Gasteiger partial charge in [0.25, 0.3) is 0 Å². The van der Waals surface area contributed by atoms with Gasteiger partial charge in [-0.25, -0.2) is 0 Å². The van der Waals surface area contributed by atoms with Gasteiger partial charge < -0.3 is 11.1 Å². The molecule has 3 N–H and O–H groups in total. The van der Waals surface area contributed by atoms with Gasteiger partial charge in [0.05, 0.1) is 0 Å². The van der Waals surface area contributed by atoms with Crippen molar-refractivity contribution in [3.8, 4) is 0 Å². The van der Waals surface area contributed by atoms with Gasteiger partial charge in [-0.1, -0.05) is 26.8 Å². The van der Waals surface area contributed by atoms with Gasteiger partial charge in [-0.2, -0.15) is 0 Å². The number of benzene rings is 1. The average Bonchev–Trinajstić information content (AvgIpc) is 1.96. The Bertz CT molecular complexity index is 348. The zero-order chi connectivity index (χ0) is 12.4. The topological polar surface area (TPSA) is 38.0 Å². The summed E-state index contributed by atoms with van der Waals surface area (Å²) in [7, 11) is 0. The highest BCUT2D eigenvalue weighted by Gasteiger charge is 2.25. The van der Waals surface area contributed by atoms with E-state index in [4.69, 9.17) is 5.73 Å². The Labute approximate surface area is 99.2 Å². The first kappa shape index (κ1) is 12.9. The quantitative estimate of drug-likeness (QED) is 0.758. The minimum Gasteiger partial charge on any atom is -0.399 e. The van der Waals surface area contributed by atoms with Crippen LogP contribution >= 0.6 is 0 Å². The number of hydrogen-bond acceptors (Lipinski definition) is 2. The fraction of sp³-hybridized carbons (Fsp3) is 0.571. The van der Waals surface area contributed by atoms with Gasteiger partial charge in [0.1, 0.15) is 0 Å². The Balaban J connectivity index is 2.72. The molecule has 2 heteroatoms. The van der Waals surface area contributed by atoms with E-state index in [-0.39, 0.29) is 5.54 Å². The summed E-state index contributed by atoms with van der Waals surface area (Å²) < 4.78 is 0. The lowest BCUT2D eigenvalue weighted by Crippen LogP contribution is -2.35. The van der Waals surface area contributed by atoms with Gasteiger partial charge in [0, 0.05) is 16.9 Å². The fourth-order valence-corrected chi connectivity index (χ4v) is 2.38. The molecule has 0 radical (unpaired) electrons. The van der Waals surface area contributed by atoms with Gasteiger partial charge in [0.2, 0.25) is 0 Å². The van der Waals surface area contributed by atoms with E-state index in [9.17, 15) is 0 Å². The maximum Gasteiger partial charge on any atom is 0.0364 e. The lowest BCUT2D eigenvalue weighted by atomic mass is 9.81. The molecular formula is C14H24N2. The number of anilines is 2. The van der Waals surface area contributed by atoms with Gasteiger partial charge in [-0.05, 0) is 43.9 Å². The molecule has 0 heterocycles. The summed E-state index contributed by atoms with van der Waals surface area (Å²) in [4.78, 5) is 0. The molecular weight excluding hydrogens is 196 g/mol. The molecule has 0 fully saturated rings. The summed E-state index contributed by atoms with van der Waals surface area (Å²) in [6, 6.07) is 7.91. The minimum absolute atomic E-state index is 0.0754. The number of rotatable bonds is 3. The van der Waals surface area contributed by atoms with Crippen molar-refractivity contribution in [1.82, 2.24) is 0 Å². The van der Waals surface area contributed by atoms with Crippen LogP contribution in [0.25, 0.3) is 0 Å². The molecule has 0 aliphatic carbocycles. The molecule has 2 nitrogen and oxygen atoms in total. The number of nitrogens with one attached hydrogen (secondary N) is 1. The predicted molar refractivity (Wildman–Crippen MR) is 72.6 cm³/mol. The second-order valence-corrected chi connectivity index (χ2v) is 6.37. The van der Waals surface area contributed by atoms with Gasteiger partial charge >= 0.3 is 0 Å². The molecule has 0 aliphatic heterocycles. The van der Waals surface area contributed by atoms with E-state index >= 15 is 0 Å². The van der Waals surface area contributed by atoms with Gasteiger partial charge in [0.15, 0.2) is 0 Å². The molecule has 0 spiro atoms. The third-order valence-corrected chi connectivity index (χ3v) is 2.34.